The quantitative estimate of drug-likeness (QED) is 0.682. The molecule has 0 saturated heterocycles. The van der Waals surface area contributed by atoms with Crippen LogP contribution < -0.4 is 9.47 Å². The third-order valence-corrected chi connectivity index (χ3v) is 6.65. The molecule has 0 bridgehead atoms. The van der Waals surface area contributed by atoms with Gasteiger partial charge in [0.1, 0.15) is 6.10 Å². The van der Waals surface area contributed by atoms with Gasteiger partial charge < -0.3 is 24.6 Å². The number of amides is 1. The van der Waals surface area contributed by atoms with Crippen molar-refractivity contribution in [3.63, 3.8) is 0 Å². The molecule has 2 aliphatic heterocycles. The van der Waals surface area contributed by atoms with Crippen molar-refractivity contribution in [2.75, 3.05) is 13.7 Å². The Hall–Kier alpha value is -2.06. The van der Waals surface area contributed by atoms with Crippen LogP contribution in [0.25, 0.3) is 0 Å². The minimum absolute atomic E-state index is 0.0211. The zero-order valence-corrected chi connectivity index (χ0v) is 17.1. The topological polar surface area (TPSA) is 96.3 Å². The number of ether oxygens (including phenoxy) is 2. The molecule has 0 fully saturated rings. The molecular weight excluding hydrogens is 430 g/mol. The van der Waals surface area contributed by atoms with Crippen LogP contribution in [0.3, 0.4) is 0 Å². The van der Waals surface area contributed by atoms with Gasteiger partial charge in [0, 0.05) is 36.0 Å². The van der Waals surface area contributed by atoms with Crippen molar-refractivity contribution < 1.29 is 29.3 Å². The number of carbonyl (C=O) groups is 2. The first-order chi connectivity index (χ1) is 13.4. The number of aliphatic hydroxyl groups is 1. The number of carboxylic acids is 1. The highest BCUT2D eigenvalue weighted by molar-refractivity contribution is 9.10. The van der Waals surface area contributed by atoms with Crippen molar-refractivity contribution in [2.24, 2.45) is 0 Å². The predicted molar refractivity (Wildman–Crippen MR) is 103 cm³/mol. The van der Waals surface area contributed by atoms with E-state index in [-0.39, 0.29) is 24.9 Å². The Morgan fingerprint density at radius 1 is 1.43 bits per heavy atom. The van der Waals surface area contributed by atoms with E-state index >= 15 is 0 Å². The zero-order chi connectivity index (χ0) is 20.1. The van der Waals surface area contributed by atoms with Gasteiger partial charge in [-0.05, 0) is 18.1 Å². The lowest BCUT2D eigenvalue weighted by Crippen LogP contribution is -2.43. The smallest absolute Gasteiger partial charge is 0.303 e. The minimum Gasteiger partial charge on any atom is -0.493 e. The second-order valence-corrected chi connectivity index (χ2v) is 8.37. The Labute approximate surface area is 171 Å². The number of carbonyl (C=O) groups excluding carboxylic acids is 1. The SMILES string of the molecule is COc1cc(Br)c2c3c1OC1C[C@@H](O)C=CC31CCN(C(=O)CCC(=O)O)C2. The average Bonchev–Trinajstić information content (AvgIpc) is 2.87. The summed E-state index contributed by atoms with van der Waals surface area (Å²) < 4.78 is 12.6. The molecule has 8 heteroatoms. The number of rotatable bonds is 4. The van der Waals surface area contributed by atoms with Crippen LogP contribution >= 0.6 is 15.9 Å². The Morgan fingerprint density at radius 2 is 2.21 bits per heavy atom. The van der Waals surface area contributed by atoms with Crippen LogP contribution in [0.2, 0.25) is 0 Å². The highest BCUT2D eigenvalue weighted by atomic mass is 79.9. The molecule has 3 aliphatic rings. The second kappa shape index (κ2) is 7.08. The van der Waals surface area contributed by atoms with Crippen molar-refractivity contribution in [3.8, 4) is 11.5 Å². The molecule has 1 spiro atoms. The molecule has 2 unspecified atom stereocenters. The summed E-state index contributed by atoms with van der Waals surface area (Å²) in [5, 5.41) is 19.0. The Morgan fingerprint density at radius 3 is 2.93 bits per heavy atom. The number of benzene rings is 1. The fraction of sp³-hybridized carbons (Fsp3) is 0.500. The maximum absolute atomic E-state index is 12.7. The third kappa shape index (κ3) is 2.99. The van der Waals surface area contributed by atoms with Crippen molar-refractivity contribution in [2.45, 2.75) is 49.9 Å². The van der Waals surface area contributed by atoms with Gasteiger partial charge in [-0.25, -0.2) is 0 Å². The Kier molecular flexibility index (Phi) is 4.87. The number of nitrogens with zero attached hydrogens (tertiary/aromatic N) is 1. The van der Waals surface area contributed by atoms with Crippen LogP contribution in [0.1, 0.15) is 36.8 Å². The standard InChI is InChI=1S/C20H22BrNO6/c1-27-14-9-13(21)12-10-22(16(24)2-3-17(25)26)7-6-20-5-4-11(23)8-15(20)28-19(14)18(12)20/h4-5,9,11,15,23H,2-3,6-8,10H2,1H3,(H,25,26)/t11-,15?,20?/m0/s1. The van der Waals surface area contributed by atoms with Crippen molar-refractivity contribution in [3.05, 3.63) is 33.8 Å². The highest BCUT2D eigenvalue weighted by Gasteiger charge is 2.53. The van der Waals surface area contributed by atoms with Crippen LogP contribution in [0.5, 0.6) is 11.5 Å². The van der Waals surface area contributed by atoms with Gasteiger partial charge in [-0.15, -0.1) is 0 Å². The molecule has 7 nitrogen and oxygen atoms in total. The van der Waals surface area contributed by atoms with E-state index in [0.29, 0.717) is 37.4 Å². The van der Waals surface area contributed by atoms with Gasteiger partial charge >= 0.3 is 5.97 Å². The summed E-state index contributed by atoms with van der Waals surface area (Å²) in [6, 6.07) is 1.84. The zero-order valence-electron chi connectivity index (χ0n) is 15.5. The fourth-order valence-corrected chi connectivity index (χ4v) is 5.08. The van der Waals surface area contributed by atoms with E-state index in [0.717, 1.165) is 15.6 Å². The van der Waals surface area contributed by atoms with E-state index in [1.165, 1.54) is 0 Å². The molecule has 0 aromatic heterocycles. The average molecular weight is 452 g/mol. The summed E-state index contributed by atoms with van der Waals surface area (Å²) in [5.74, 6) is 0.136. The minimum atomic E-state index is -0.980. The largest absolute Gasteiger partial charge is 0.493 e. The van der Waals surface area contributed by atoms with E-state index in [9.17, 15) is 14.7 Å². The van der Waals surface area contributed by atoms with E-state index in [2.05, 4.69) is 15.9 Å². The van der Waals surface area contributed by atoms with E-state index in [1.807, 2.05) is 12.1 Å². The molecule has 1 aromatic rings. The van der Waals surface area contributed by atoms with Crippen LogP contribution in [0.15, 0.2) is 22.7 Å². The molecule has 0 radical (unpaired) electrons. The van der Waals surface area contributed by atoms with Gasteiger partial charge in [0.2, 0.25) is 5.91 Å². The molecule has 150 valence electrons. The number of methoxy groups -OCH3 is 1. The molecule has 0 saturated carbocycles. The normalized spacial score (nSPS) is 27.5. The first kappa shape index (κ1) is 19.3. The van der Waals surface area contributed by atoms with Gasteiger partial charge in [0.25, 0.3) is 0 Å². The van der Waals surface area contributed by atoms with E-state index in [1.54, 1.807) is 18.1 Å². The van der Waals surface area contributed by atoms with E-state index < -0.39 is 17.5 Å². The van der Waals surface area contributed by atoms with Gasteiger partial charge in [0.15, 0.2) is 11.5 Å². The maximum Gasteiger partial charge on any atom is 0.303 e. The van der Waals surface area contributed by atoms with Crippen LogP contribution in [-0.2, 0) is 21.5 Å². The number of hydrogen-bond acceptors (Lipinski definition) is 5. The Bertz CT molecular complexity index is 869. The second-order valence-electron chi connectivity index (χ2n) is 7.51. The van der Waals surface area contributed by atoms with E-state index in [4.69, 9.17) is 14.6 Å². The first-order valence-electron chi connectivity index (χ1n) is 9.29. The lowest BCUT2D eigenvalue weighted by molar-refractivity contribution is -0.141. The summed E-state index contributed by atoms with van der Waals surface area (Å²) in [7, 11) is 1.59. The number of carboxylic acid groups (broad SMARTS) is 1. The number of aliphatic carboxylic acids is 1. The maximum atomic E-state index is 12.7. The highest BCUT2D eigenvalue weighted by Crippen LogP contribution is 2.57. The number of hydrogen-bond donors (Lipinski definition) is 2. The molecule has 28 heavy (non-hydrogen) atoms. The van der Waals surface area contributed by atoms with Crippen molar-refractivity contribution >= 4 is 27.8 Å². The molecular formula is C20H22BrNO6. The monoisotopic (exact) mass is 451 g/mol. The molecule has 1 aliphatic carbocycles. The van der Waals surface area contributed by atoms with Gasteiger partial charge in [-0.1, -0.05) is 28.1 Å². The van der Waals surface area contributed by atoms with Crippen molar-refractivity contribution in [1.82, 2.24) is 4.90 Å². The fourth-order valence-electron chi connectivity index (χ4n) is 4.55. The van der Waals surface area contributed by atoms with Crippen LogP contribution in [0, 0.1) is 0 Å². The number of aliphatic hydroxyl groups excluding tert-OH is 1. The molecule has 2 heterocycles. The van der Waals surface area contributed by atoms with Gasteiger partial charge in [-0.2, -0.15) is 0 Å². The summed E-state index contributed by atoms with van der Waals surface area (Å²) in [6.07, 6.45) is 3.91. The van der Waals surface area contributed by atoms with Gasteiger partial charge in [0.05, 0.1) is 25.0 Å². The molecule has 4 rings (SSSR count). The summed E-state index contributed by atoms with van der Waals surface area (Å²) in [4.78, 5) is 25.2. The van der Waals surface area contributed by atoms with Crippen LogP contribution in [-0.4, -0.2) is 52.9 Å². The summed E-state index contributed by atoms with van der Waals surface area (Å²) in [5.41, 5.74) is 1.50. The molecule has 3 atom stereocenters. The third-order valence-electron chi connectivity index (χ3n) is 5.94. The first-order valence-corrected chi connectivity index (χ1v) is 10.1. The molecule has 1 aromatic carbocycles. The molecule has 2 N–H and O–H groups in total. The summed E-state index contributed by atoms with van der Waals surface area (Å²) >= 11 is 3.62. The number of halogens is 1. The predicted octanol–water partition coefficient (Wildman–Crippen LogP) is 2.37. The summed E-state index contributed by atoms with van der Waals surface area (Å²) in [6.45, 7) is 0.862. The van der Waals surface area contributed by atoms with Gasteiger partial charge in [-0.3, -0.25) is 9.59 Å². The molecule has 1 amide bonds. The Balaban J connectivity index is 1.79. The lowest BCUT2D eigenvalue weighted by atomic mass is 9.69. The lowest BCUT2D eigenvalue weighted by Gasteiger charge is -2.35. The van der Waals surface area contributed by atoms with Crippen LogP contribution in [0.4, 0.5) is 0 Å². The van der Waals surface area contributed by atoms with Crippen molar-refractivity contribution in [1.29, 1.82) is 0 Å².